The first kappa shape index (κ1) is 25.1. The molecule has 0 radical (unpaired) electrons. The minimum atomic E-state index is 0.392. The van der Waals surface area contributed by atoms with E-state index in [4.69, 9.17) is 33.5 Å². The van der Waals surface area contributed by atoms with Crippen LogP contribution in [0.1, 0.15) is 23.1 Å². The number of benzene rings is 2. The topological polar surface area (TPSA) is 111 Å². The van der Waals surface area contributed by atoms with Crippen molar-refractivity contribution in [3.8, 4) is 28.8 Å². The number of hydrogen-bond acceptors (Lipinski definition) is 9. The highest BCUT2D eigenvalue weighted by Crippen LogP contribution is 2.37. The molecule has 218 valence electrons. The molecular weight excluding hydrogens is 560 g/mol. The SMILES string of the molecule is c1nc2c3cc1COCc1cnc4c(c1)c1cnoc1n4-c1ccc(cc1)OCCCOc1ccc(cc1)-n2c1c3CNO1. The molecule has 16 rings (SSSR count). The van der Waals surface area contributed by atoms with Gasteiger partial charge in [0.05, 0.1) is 55.9 Å². The van der Waals surface area contributed by atoms with Crippen LogP contribution in [0.15, 0.2) is 83.8 Å². The summed E-state index contributed by atoms with van der Waals surface area (Å²) in [6.45, 7) is 2.45. The fourth-order valence-electron chi connectivity index (χ4n) is 6.00. The Balaban J connectivity index is 1.09. The van der Waals surface area contributed by atoms with Gasteiger partial charge in [-0.05, 0) is 71.8 Å². The monoisotopic (exact) mass is 586 g/mol. The molecule has 0 spiro atoms. The Kier molecular flexibility index (Phi) is 5.78. The van der Waals surface area contributed by atoms with E-state index in [0.717, 1.165) is 79.3 Å². The van der Waals surface area contributed by atoms with Gasteiger partial charge >= 0.3 is 0 Å². The van der Waals surface area contributed by atoms with Gasteiger partial charge < -0.3 is 23.6 Å². The molecule has 0 saturated heterocycles. The van der Waals surface area contributed by atoms with Crippen LogP contribution in [0.3, 0.4) is 0 Å². The summed E-state index contributed by atoms with van der Waals surface area (Å²) in [4.78, 5) is 15.5. The summed E-state index contributed by atoms with van der Waals surface area (Å²) in [5.41, 5.74) is 10.1. The van der Waals surface area contributed by atoms with Crippen molar-refractivity contribution in [3.63, 3.8) is 0 Å². The van der Waals surface area contributed by atoms with E-state index in [9.17, 15) is 0 Å². The summed E-state index contributed by atoms with van der Waals surface area (Å²) in [6, 6.07) is 20.1. The van der Waals surface area contributed by atoms with Crippen LogP contribution in [0.4, 0.5) is 0 Å². The van der Waals surface area contributed by atoms with Gasteiger partial charge in [0.2, 0.25) is 11.6 Å². The first-order valence-corrected chi connectivity index (χ1v) is 14.5. The zero-order valence-corrected chi connectivity index (χ0v) is 23.5. The smallest absolute Gasteiger partial charge is 0.245 e. The average Bonchev–Trinajstić information content (AvgIpc) is 3.83. The summed E-state index contributed by atoms with van der Waals surface area (Å²) in [7, 11) is 0. The summed E-state index contributed by atoms with van der Waals surface area (Å²) in [5, 5.41) is 6.93. The van der Waals surface area contributed by atoms with Crippen LogP contribution in [0.25, 0.3) is 44.5 Å². The maximum Gasteiger partial charge on any atom is 0.245 e. The number of pyridine rings is 2. The molecule has 7 aromatic rings. The first-order valence-electron chi connectivity index (χ1n) is 14.5. The van der Waals surface area contributed by atoms with Crippen LogP contribution >= 0.6 is 0 Å². The normalized spacial score (nSPS) is 15.1. The molecular formula is C33H26N6O5. The number of hydroxylamine groups is 1. The molecule has 0 fully saturated rings. The molecule has 0 saturated carbocycles. The number of nitrogens with zero attached hydrogens (tertiary/aromatic N) is 5. The van der Waals surface area contributed by atoms with Crippen LogP contribution < -0.4 is 19.8 Å². The van der Waals surface area contributed by atoms with Gasteiger partial charge in [-0.1, -0.05) is 5.16 Å². The van der Waals surface area contributed by atoms with Gasteiger partial charge in [0, 0.05) is 35.2 Å². The lowest BCUT2D eigenvalue weighted by Crippen LogP contribution is -2.11. The van der Waals surface area contributed by atoms with E-state index >= 15 is 0 Å². The van der Waals surface area contributed by atoms with Gasteiger partial charge in [0.25, 0.3) is 0 Å². The fourth-order valence-corrected chi connectivity index (χ4v) is 6.00. The zero-order chi connectivity index (χ0) is 29.0. The molecule has 1 N–H and O–H groups in total. The number of fused-ring (bicyclic) bond motifs is 2. The maximum atomic E-state index is 6.16. The second-order valence-corrected chi connectivity index (χ2v) is 10.9. The van der Waals surface area contributed by atoms with Gasteiger partial charge in [-0.15, -0.1) is 0 Å². The van der Waals surface area contributed by atoms with Crippen LogP contribution in [0.5, 0.6) is 17.4 Å². The molecule has 12 bridgehead atoms. The largest absolute Gasteiger partial charge is 0.493 e. The molecule has 2 aromatic carbocycles. The highest BCUT2D eigenvalue weighted by atomic mass is 16.7. The predicted molar refractivity (Wildman–Crippen MR) is 161 cm³/mol. The first-order chi connectivity index (χ1) is 21.8. The van der Waals surface area contributed by atoms with E-state index in [-0.39, 0.29) is 0 Å². The van der Waals surface area contributed by atoms with Crippen molar-refractivity contribution in [3.05, 3.63) is 95.9 Å². The Morgan fingerprint density at radius 3 is 2.02 bits per heavy atom. The Labute approximate surface area is 250 Å². The number of aromatic nitrogens is 5. The van der Waals surface area contributed by atoms with Crippen molar-refractivity contribution < 1.29 is 23.6 Å². The molecule has 5 aromatic heterocycles. The third-order valence-corrected chi connectivity index (χ3v) is 8.07. The molecule has 0 amide bonds. The molecule has 0 aliphatic carbocycles. The zero-order valence-electron chi connectivity index (χ0n) is 23.5. The quantitative estimate of drug-likeness (QED) is 0.236. The molecule has 11 nitrogen and oxygen atoms in total. The number of rotatable bonds is 0. The fraction of sp³-hybridized carbons (Fsp3) is 0.182. The number of ether oxygens (including phenoxy) is 3. The summed E-state index contributed by atoms with van der Waals surface area (Å²) in [6.07, 6.45) is 6.17. The van der Waals surface area contributed by atoms with E-state index in [0.29, 0.717) is 38.7 Å². The minimum Gasteiger partial charge on any atom is -0.493 e. The van der Waals surface area contributed by atoms with Gasteiger partial charge in [0.15, 0.2) is 0 Å². The van der Waals surface area contributed by atoms with Gasteiger partial charge in [-0.25, -0.2) is 9.97 Å². The summed E-state index contributed by atoms with van der Waals surface area (Å²) in [5.74, 6) is 2.31. The molecule has 9 aliphatic rings. The standard InChI is InChI=1S/C33H26N6O5/c1-10-41-24-6-2-22(3-7-24)38-30-26(28-16-36-43-32(28)38)12-20(14-34-30)18-40-19-21-13-27-29-17-37-44-33(29)39(31(27)35-15-21)23-4-8-25(9-5-23)42-11-1/h2-9,12-16,37H,1,10-11,17-19H2. The highest BCUT2D eigenvalue weighted by Gasteiger charge is 2.26. The summed E-state index contributed by atoms with van der Waals surface area (Å²) >= 11 is 0. The Morgan fingerprint density at radius 2 is 1.32 bits per heavy atom. The molecule has 0 unspecified atom stereocenters. The highest BCUT2D eigenvalue weighted by molar-refractivity contribution is 6.05. The second-order valence-electron chi connectivity index (χ2n) is 10.9. The Hall–Kier alpha value is -5.39. The lowest BCUT2D eigenvalue weighted by molar-refractivity contribution is 0.107. The van der Waals surface area contributed by atoms with E-state index in [1.54, 1.807) is 6.20 Å². The van der Waals surface area contributed by atoms with E-state index in [2.05, 4.69) is 22.8 Å². The molecule has 44 heavy (non-hydrogen) atoms. The third kappa shape index (κ3) is 4.08. The van der Waals surface area contributed by atoms with Gasteiger partial charge in [-0.2, -0.15) is 5.48 Å². The Morgan fingerprint density at radius 1 is 0.682 bits per heavy atom. The maximum absolute atomic E-state index is 6.16. The van der Waals surface area contributed by atoms with Crippen LogP contribution in [0, 0.1) is 0 Å². The molecule has 0 atom stereocenters. The van der Waals surface area contributed by atoms with Crippen molar-refractivity contribution >= 4 is 33.2 Å². The average molecular weight is 587 g/mol. The van der Waals surface area contributed by atoms with Gasteiger partial charge in [-0.3, -0.25) is 9.13 Å². The van der Waals surface area contributed by atoms with Gasteiger partial charge in [0.1, 0.15) is 22.8 Å². The van der Waals surface area contributed by atoms with Crippen molar-refractivity contribution in [1.29, 1.82) is 0 Å². The van der Waals surface area contributed by atoms with Crippen LogP contribution in [0.2, 0.25) is 0 Å². The van der Waals surface area contributed by atoms with Crippen molar-refractivity contribution in [2.45, 2.75) is 26.2 Å². The van der Waals surface area contributed by atoms with Crippen molar-refractivity contribution in [1.82, 2.24) is 29.7 Å². The van der Waals surface area contributed by atoms with E-state index in [1.165, 1.54) is 0 Å². The van der Waals surface area contributed by atoms with E-state index < -0.39 is 0 Å². The minimum absolute atomic E-state index is 0.392. The molecule has 9 aliphatic heterocycles. The van der Waals surface area contributed by atoms with Crippen LogP contribution in [-0.2, 0) is 24.5 Å². The lowest BCUT2D eigenvalue weighted by atomic mass is 10.2. The van der Waals surface area contributed by atoms with Crippen molar-refractivity contribution in [2.75, 3.05) is 13.2 Å². The number of hydrogen-bond donors (Lipinski definition) is 1. The number of nitrogens with one attached hydrogen (secondary N) is 1. The van der Waals surface area contributed by atoms with Crippen molar-refractivity contribution in [2.24, 2.45) is 0 Å². The van der Waals surface area contributed by atoms with Crippen LogP contribution in [-0.4, -0.2) is 37.5 Å². The lowest BCUT2D eigenvalue weighted by Gasteiger charge is -2.12. The van der Waals surface area contributed by atoms with E-state index in [1.807, 2.05) is 70.1 Å². The molecule has 11 heteroatoms. The molecule has 14 heterocycles. The Bertz CT molecular complexity index is 2160. The summed E-state index contributed by atoms with van der Waals surface area (Å²) < 4.78 is 27.8. The second kappa shape index (κ2) is 10.1. The predicted octanol–water partition coefficient (Wildman–Crippen LogP) is 5.78. The third-order valence-electron chi connectivity index (χ3n) is 8.07.